The number of hydrogen-bond donors (Lipinski definition) is 3. The van der Waals surface area contributed by atoms with Crippen LogP contribution in [0.25, 0.3) is 0 Å². The Hall–Kier alpha value is -3.55. The molecule has 0 aliphatic carbocycles. The fourth-order valence-corrected chi connectivity index (χ4v) is 5.22. The normalized spacial score (nSPS) is 13.2. The van der Waals surface area contributed by atoms with Crippen LogP contribution < -0.4 is 25.0 Å². The number of carbonyl (C=O) groups excluding carboxylic acids is 2. The summed E-state index contributed by atoms with van der Waals surface area (Å²) < 4.78 is 49.1. The molecule has 1 heterocycles. The maximum atomic E-state index is 13.7. The summed E-state index contributed by atoms with van der Waals surface area (Å²) in [4.78, 5) is 24.2. The number of rotatable bonds is 12. The molecule has 2 aromatic carbocycles. The van der Waals surface area contributed by atoms with Crippen molar-refractivity contribution in [2.75, 3.05) is 27.1 Å². The van der Waals surface area contributed by atoms with Crippen molar-refractivity contribution in [3.63, 3.8) is 0 Å². The van der Waals surface area contributed by atoms with Crippen molar-refractivity contribution < 1.29 is 42.2 Å². The van der Waals surface area contributed by atoms with Gasteiger partial charge in [0.2, 0.25) is 16.8 Å². The van der Waals surface area contributed by atoms with Gasteiger partial charge in [-0.3, -0.25) is 10.0 Å². The Morgan fingerprint density at radius 1 is 1.14 bits per heavy atom. The van der Waals surface area contributed by atoms with Crippen LogP contribution in [0.1, 0.15) is 25.3 Å². The molecule has 1 aliphatic heterocycles. The summed E-state index contributed by atoms with van der Waals surface area (Å²) in [6.45, 7) is 1.85. The van der Waals surface area contributed by atoms with Gasteiger partial charge in [-0.05, 0) is 61.7 Å². The molecule has 2 aromatic rings. The third-order valence-electron chi connectivity index (χ3n) is 5.40. The first-order valence-corrected chi connectivity index (χ1v) is 12.6. The zero-order valence-corrected chi connectivity index (χ0v) is 20.7. The minimum atomic E-state index is -4.23. The zero-order valence-electron chi connectivity index (χ0n) is 19.9. The van der Waals surface area contributed by atoms with Crippen molar-refractivity contribution in [3.8, 4) is 17.2 Å². The van der Waals surface area contributed by atoms with Gasteiger partial charge >= 0.3 is 6.09 Å². The van der Waals surface area contributed by atoms with E-state index in [2.05, 4.69) is 5.32 Å². The maximum absolute atomic E-state index is 13.7. The number of hydroxylamine groups is 1. The molecular weight excluding hydrogens is 494 g/mol. The number of amides is 2. The van der Waals surface area contributed by atoms with Crippen LogP contribution in [0.3, 0.4) is 0 Å². The summed E-state index contributed by atoms with van der Waals surface area (Å²) in [5.41, 5.74) is 2.10. The number of ether oxygens (including phenoxy) is 4. The third-order valence-corrected chi connectivity index (χ3v) is 7.27. The van der Waals surface area contributed by atoms with Gasteiger partial charge in [-0.25, -0.2) is 18.7 Å². The lowest BCUT2D eigenvalue weighted by Gasteiger charge is -2.30. The van der Waals surface area contributed by atoms with Gasteiger partial charge in [0.05, 0.1) is 18.6 Å². The highest BCUT2D eigenvalue weighted by Gasteiger charge is 2.36. The molecular formula is C23H29N3O9S. The van der Waals surface area contributed by atoms with E-state index >= 15 is 0 Å². The number of alkyl carbamates (subject to hydrolysis) is 1. The van der Waals surface area contributed by atoms with Crippen molar-refractivity contribution in [1.29, 1.82) is 0 Å². The Kier molecular flexibility index (Phi) is 9.33. The molecule has 0 fully saturated rings. The summed E-state index contributed by atoms with van der Waals surface area (Å²) in [6, 6.07) is 9.40. The van der Waals surface area contributed by atoms with Crippen LogP contribution in [0.2, 0.25) is 0 Å². The van der Waals surface area contributed by atoms with Gasteiger partial charge in [0.1, 0.15) is 11.8 Å². The zero-order chi connectivity index (χ0) is 26.1. The molecule has 0 saturated carbocycles. The van der Waals surface area contributed by atoms with Gasteiger partial charge in [-0.1, -0.05) is 6.07 Å². The molecule has 0 aromatic heterocycles. The maximum Gasteiger partial charge on any atom is 0.407 e. The lowest BCUT2D eigenvalue weighted by molar-refractivity contribution is -0.133. The molecule has 0 bridgehead atoms. The van der Waals surface area contributed by atoms with Crippen molar-refractivity contribution in [3.05, 3.63) is 48.0 Å². The highest BCUT2D eigenvalue weighted by molar-refractivity contribution is 7.89. The van der Waals surface area contributed by atoms with E-state index in [1.54, 1.807) is 30.6 Å². The molecule has 36 heavy (non-hydrogen) atoms. The van der Waals surface area contributed by atoms with E-state index in [1.165, 1.54) is 31.4 Å². The number of methoxy groups -OCH3 is 1. The molecule has 3 N–H and O–H groups in total. The van der Waals surface area contributed by atoms with Crippen LogP contribution in [0.5, 0.6) is 17.2 Å². The summed E-state index contributed by atoms with van der Waals surface area (Å²) in [6.07, 6.45) is -0.394. The van der Waals surface area contributed by atoms with Crippen LogP contribution >= 0.6 is 0 Å². The van der Waals surface area contributed by atoms with Gasteiger partial charge in [-0.15, -0.1) is 0 Å². The molecule has 12 nitrogen and oxygen atoms in total. The van der Waals surface area contributed by atoms with Crippen LogP contribution in [0.15, 0.2) is 47.4 Å². The first-order chi connectivity index (χ1) is 17.3. The average molecular weight is 524 g/mol. The second kappa shape index (κ2) is 12.4. The number of nitrogens with one attached hydrogen (secondary N) is 2. The van der Waals surface area contributed by atoms with Crippen LogP contribution in [-0.2, 0) is 26.1 Å². The molecule has 196 valence electrons. The summed E-state index contributed by atoms with van der Waals surface area (Å²) in [5.74, 6) is 0.532. The van der Waals surface area contributed by atoms with Crippen LogP contribution in [0.4, 0.5) is 4.79 Å². The van der Waals surface area contributed by atoms with Crippen LogP contribution in [-0.4, -0.2) is 63.0 Å². The Morgan fingerprint density at radius 3 is 2.53 bits per heavy atom. The van der Waals surface area contributed by atoms with Gasteiger partial charge in [-0.2, -0.15) is 4.31 Å². The number of sulfonamides is 1. The van der Waals surface area contributed by atoms with E-state index in [1.807, 2.05) is 0 Å². The molecule has 0 unspecified atom stereocenters. The predicted octanol–water partition coefficient (Wildman–Crippen LogP) is 2.02. The van der Waals surface area contributed by atoms with E-state index in [-0.39, 0.29) is 44.2 Å². The topological polar surface area (TPSA) is 153 Å². The number of carbonyl (C=O) groups is 2. The van der Waals surface area contributed by atoms with E-state index < -0.39 is 28.1 Å². The fourth-order valence-electron chi connectivity index (χ4n) is 3.61. The summed E-state index contributed by atoms with van der Waals surface area (Å²) in [7, 11) is -2.77. The summed E-state index contributed by atoms with van der Waals surface area (Å²) >= 11 is 0. The molecule has 2 amide bonds. The van der Waals surface area contributed by atoms with Gasteiger partial charge < -0.3 is 24.3 Å². The lowest BCUT2D eigenvalue weighted by Crippen LogP contribution is -2.48. The van der Waals surface area contributed by atoms with Crippen LogP contribution in [0, 0.1) is 0 Å². The van der Waals surface area contributed by atoms with E-state index in [0.717, 1.165) is 4.31 Å². The molecule has 13 heteroatoms. The fraction of sp³-hybridized carbons (Fsp3) is 0.391. The number of fused-ring (bicyclic) bond motifs is 1. The first-order valence-electron chi connectivity index (χ1n) is 11.2. The van der Waals surface area contributed by atoms with Gasteiger partial charge in [0.25, 0.3) is 5.91 Å². The van der Waals surface area contributed by atoms with E-state index in [0.29, 0.717) is 22.8 Å². The number of nitrogens with zero attached hydrogens (tertiary/aromatic N) is 1. The summed E-state index contributed by atoms with van der Waals surface area (Å²) in [5, 5.41) is 11.9. The number of hydrogen-bond acceptors (Lipinski definition) is 9. The molecule has 3 rings (SSSR count). The molecule has 0 saturated heterocycles. The van der Waals surface area contributed by atoms with E-state index in [4.69, 9.17) is 18.9 Å². The molecule has 1 atom stereocenters. The van der Waals surface area contributed by atoms with Crippen molar-refractivity contribution in [2.45, 2.75) is 37.2 Å². The molecule has 0 spiro atoms. The predicted molar refractivity (Wildman–Crippen MR) is 126 cm³/mol. The minimum absolute atomic E-state index is 0.00126. The highest BCUT2D eigenvalue weighted by Crippen LogP contribution is 2.34. The minimum Gasteiger partial charge on any atom is -0.497 e. The Morgan fingerprint density at radius 2 is 1.86 bits per heavy atom. The smallest absolute Gasteiger partial charge is 0.407 e. The van der Waals surface area contributed by atoms with E-state index in [9.17, 15) is 23.2 Å². The molecule has 1 aliphatic rings. The SMILES string of the molecule is CCOC(=O)NCCC[C@H](C(=O)NO)N(Cc1ccc2c(c1)OCO2)S(=O)(=O)c1ccc(OC)cc1. The lowest BCUT2D eigenvalue weighted by atomic mass is 10.1. The number of benzene rings is 2. The standard InChI is InChI=1S/C23H29N3O9S/c1-3-33-23(28)24-12-4-5-19(22(27)25-29)26(14-16-6-11-20-21(13-16)35-15-34-20)36(30,31)18-9-7-17(32-2)8-10-18/h6-11,13,19,29H,3-5,12,14-15H2,1-2H3,(H,24,28)(H,25,27)/t19-/m1/s1. The second-order valence-corrected chi connectivity index (χ2v) is 9.59. The van der Waals surface area contributed by atoms with Crippen molar-refractivity contribution >= 4 is 22.0 Å². The highest BCUT2D eigenvalue weighted by atomic mass is 32.2. The Labute approximate surface area is 209 Å². The van der Waals surface area contributed by atoms with Crippen molar-refractivity contribution in [1.82, 2.24) is 15.1 Å². The van der Waals surface area contributed by atoms with Gasteiger partial charge in [0.15, 0.2) is 11.5 Å². The largest absolute Gasteiger partial charge is 0.497 e. The average Bonchev–Trinajstić information content (AvgIpc) is 3.35. The first kappa shape index (κ1) is 27.0. The monoisotopic (exact) mass is 523 g/mol. The Balaban J connectivity index is 1.91. The van der Waals surface area contributed by atoms with Gasteiger partial charge in [0, 0.05) is 13.1 Å². The third kappa shape index (κ3) is 6.56. The molecule has 0 radical (unpaired) electrons. The quantitative estimate of drug-likeness (QED) is 0.215. The second-order valence-electron chi connectivity index (χ2n) is 7.69. The van der Waals surface area contributed by atoms with Crippen molar-refractivity contribution in [2.24, 2.45) is 0 Å². The Bertz CT molecular complexity index is 1160.